The van der Waals surface area contributed by atoms with Crippen molar-refractivity contribution in [3.05, 3.63) is 12.2 Å². The molecule has 0 aromatic heterocycles. The van der Waals surface area contributed by atoms with Crippen LogP contribution in [0.2, 0.25) is 0 Å². The Labute approximate surface area is 62.3 Å². The normalized spacial score (nSPS) is 46.8. The summed E-state index contributed by atoms with van der Waals surface area (Å²) in [5.74, 6) is 1.26. The highest BCUT2D eigenvalue weighted by molar-refractivity contribution is 9.10. The molecule has 0 amide bonds. The lowest BCUT2D eigenvalue weighted by atomic mass is 9.75. The Kier molecular flexibility index (Phi) is 1.06. The summed E-state index contributed by atoms with van der Waals surface area (Å²) in [5.41, 5.74) is 0. The van der Waals surface area contributed by atoms with Gasteiger partial charge in [-0.2, -0.15) is 0 Å². The number of allylic oxidation sites excluding steroid dienone is 2. The van der Waals surface area contributed by atoms with E-state index in [1.165, 1.54) is 0 Å². The maximum absolute atomic E-state index is 11.0. The van der Waals surface area contributed by atoms with E-state index in [9.17, 15) is 4.79 Å². The predicted octanol–water partition coefficient (Wildman–Crippen LogP) is 1.52. The van der Waals surface area contributed by atoms with Crippen LogP contribution in [0.25, 0.3) is 0 Å². The summed E-state index contributed by atoms with van der Waals surface area (Å²) >= 11 is 3.33. The second-order valence-corrected chi connectivity index (χ2v) is 3.64. The van der Waals surface area contributed by atoms with Crippen molar-refractivity contribution in [3.63, 3.8) is 0 Å². The van der Waals surface area contributed by atoms with Crippen molar-refractivity contribution < 1.29 is 4.79 Å². The molecule has 2 aliphatic carbocycles. The molecule has 0 N–H and O–H groups in total. The van der Waals surface area contributed by atoms with Crippen molar-refractivity contribution in [1.29, 1.82) is 0 Å². The van der Waals surface area contributed by atoms with Crippen LogP contribution in [0.5, 0.6) is 0 Å². The van der Waals surface area contributed by atoms with Crippen LogP contribution in [0.3, 0.4) is 0 Å². The molecule has 0 heterocycles. The summed E-state index contributed by atoms with van der Waals surface area (Å²) in [6.45, 7) is 0. The number of hydrogen-bond acceptors (Lipinski definition) is 1. The van der Waals surface area contributed by atoms with Gasteiger partial charge in [0.1, 0.15) is 0 Å². The topological polar surface area (TPSA) is 17.1 Å². The molecular weight excluding hydrogens is 180 g/mol. The Balaban J connectivity index is 2.21. The number of carbonyl (C=O) groups excluding carboxylic acids is 1. The fourth-order valence-electron chi connectivity index (χ4n) is 1.56. The monoisotopic (exact) mass is 186 g/mol. The van der Waals surface area contributed by atoms with Crippen molar-refractivity contribution in [2.45, 2.75) is 11.2 Å². The van der Waals surface area contributed by atoms with Gasteiger partial charge in [-0.3, -0.25) is 4.79 Å². The van der Waals surface area contributed by atoms with Gasteiger partial charge in [-0.15, -0.1) is 0 Å². The molecule has 9 heavy (non-hydrogen) atoms. The zero-order chi connectivity index (χ0) is 6.43. The van der Waals surface area contributed by atoms with Crippen LogP contribution in [0.15, 0.2) is 12.2 Å². The molecule has 0 spiro atoms. The molecule has 3 atom stereocenters. The molecular formula is C7H7BrO. The fourth-order valence-corrected chi connectivity index (χ4v) is 2.44. The lowest BCUT2D eigenvalue weighted by Crippen LogP contribution is -2.45. The number of ketones is 1. The number of hydrogen-bond donors (Lipinski definition) is 0. The summed E-state index contributed by atoms with van der Waals surface area (Å²) in [5, 5.41) is 0. The summed E-state index contributed by atoms with van der Waals surface area (Å²) in [4.78, 5) is 11.1. The minimum atomic E-state index is 0.140. The number of Topliss-reactive ketones (excluding diaryl/α,β-unsaturated/α-hetero) is 1. The molecule has 1 fully saturated rings. The van der Waals surface area contributed by atoms with Gasteiger partial charge in [-0.25, -0.2) is 0 Å². The van der Waals surface area contributed by atoms with Gasteiger partial charge in [0.15, 0.2) is 5.78 Å². The van der Waals surface area contributed by atoms with Gasteiger partial charge < -0.3 is 0 Å². The van der Waals surface area contributed by atoms with Gasteiger partial charge in [-0.05, 0) is 6.42 Å². The standard InChI is InChI=1S/C7H7BrO/c8-6-4-2-1-3-5(4)7(6)9/h1-2,4-6H,3H2/t4-,5+,6?/m1/s1. The van der Waals surface area contributed by atoms with Gasteiger partial charge in [-0.1, -0.05) is 28.1 Å². The molecule has 48 valence electrons. The lowest BCUT2D eigenvalue weighted by Gasteiger charge is -2.33. The van der Waals surface area contributed by atoms with Crippen LogP contribution in [-0.4, -0.2) is 10.6 Å². The van der Waals surface area contributed by atoms with Crippen LogP contribution in [-0.2, 0) is 4.79 Å². The van der Waals surface area contributed by atoms with E-state index in [0.717, 1.165) is 6.42 Å². The second-order valence-electron chi connectivity index (χ2n) is 2.65. The number of fused-ring (bicyclic) bond motifs is 1. The van der Waals surface area contributed by atoms with Crippen LogP contribution in [0, 0.1) is 11.8 Å². The van der Waals surface area contributed by atoms with E-state index in [0.29, 0.717) is 17.6 Å². The first-order valence-corrected chi connectivity index (χ1v) is 4.07. The molecule has 2 aliphatic rings. The SMILES string of the molecule is O=C1C(Br)[C@@H]2C=CC[C@H]12. The van der Waals surface area contributed by atoms with E-state index >= 15 is 0 Å². The second kappa shape index (κ2) is 1.69. The van der Waals surface area contributed by atoms with Crippen LogP contribution < -0.4 is 0 Å². The highest BCUT2D eigenvalue weighted by atomic mass is 79.9. The van der Waals surface area contributed by atoms with Crippen LogP contribution in [0.4, 0.5) is 0 Å². The minimum absolute atomic E-state index is 0.140. The van der Waals surface area contributed by atoms with Gasteiger partial charge in [0.2, 0.25) is 0 Å². The summed E-state index contributed by atoms with van der Waals surface area (Å²) < 4.78 is 0. The third-order valence-corrected chi connectivity index (χ3v) is 3.25. The first-order valence-electron chi connectivity index (χ1n) is 3.15. The quantitative estimate of drug-likeness (QED) is 0.415. The third kappa shape index (κ3) is 0.571. The summed E-state index contributed by atoms with van der Waals surface area (Å²) in [6.07, 6.45) is 5.23. The Hall–Kier alpha value is -0.110. The molecule has 1 unspecified atom stereocenters. The highest BCUT2D eigenvalue weighted by Crippen LogP contribution is 2.43. The van der Waals surface area contributed by atoms with E-state index in [4.69, 9.17) is 0 Å². The average molecular weight is 187 g/mol. The molecule has 0 radical (unpaired) electrons. The van der Waals surface area contributed by atoms with E-state index < -0.39 is 0 Å². The number of halogens is 1. The molecule has 0 aliphatic heterocycles. The zero-order valence-corrected chi connectivity index (χ0v) is 6.47. The van der Waals surface area contributed by atoms with E-state index in [1.54, 1.807) is 0 Å². The number of alkyl halides is 1. The summed E-state index contributed by atoms with van der Waals surface area (Å²) in [7, 11) is 0. The first-order chi connectivity index (χ1) is 4.30. The van der Waals surface area contributed by atoms with E-state index in [1.807, 2.05) is 0 Å². The van der Waals surface area contributed by atoms with Crippen molar-refractivity contribution >= 4 is 21.7 Å². The van der Waals surface area contributed by atoms with E-state index in [-0.39, 0.29) is 4.83 Å². The molecule has 2 heteroatoms. The van der Waals surface area contributed by atoms with Gasteiger partial charge in [0.05, 0.1) is 4.83 Å². The molecule has 1 nitrogen and oxygen atoms in total. The van der Waals surface area contributed by atoms with Crippen molar-refractivity contribution in [1.82, 2.24) is 0 Å². The Bertz CT molecular complexity index is 185. The predicted molar refractivity (Wildman–Crippen MR) is 38.5 cm³/mol. The highest BCUT2D eigenvalue weighted by Gasteiger charge is 2.47. The smallest absolute Gasteiger partial charge is 0.151 e. The Morgan fingerprint density at radius 2 is 2.44 bits per heavy atom. The molecule has 1 saturated carbocycles. The molecule has 0 bridgehead atoms. The zero-order valence-electron chi connectivity index (χ0n) is 4.88. The van der Waals surface area contributed by atoms with Crippen molar-refractivity contribution in [2.24, 2.45) is 11.8 Å². The summed E-state index contributed by atoms with van der Waals surface area (Å²) in [6, 6.07) is 0. The van der Waals surface area contributed by atoms with Gasteiger partial charge >= 0.3 is 0 Å². The Morgan fingerprint density at radius 1 is 1.67 bits per heavy atom. The van der Waals surface area contributed by atoms with Gasteiger partial charge in [0.25, 0.3) is 0 Å². The third-order valence-electron chi connectivity index (χ3n) is 2.19. The van der Waals surface area contributed by atoms with E-state index in [2.05, 4.69) is 28.1 Å². The Morgan fingerprint density at radius 3 is 3.11 bits per heavy atom. The van der Waals surface area contributed by atoms with Crippen LogP contribution in [0.1, 0.15) is 6.42 Å². The molecule has 0 aromatic rings. The fraction of sp³-hybridized carbons (Fsp3) is 0.571. The maximum atomic E-state index is 11.0. The largest absolute Gasteiger partial charge is 0.298 e. The molecule has 2 rings (SSSR count). The van der Waals surface area contributed by atoms with Gasteiger partial charge in [0, 0.05) is 11.8 Å². The first kappa shape index (κ1) is 5.66. The number of carbonyl (C=O) groups is 1. The van der Waals surface area contributed by atoms with Crippen molar-refractivity contribution in [3.8, 4) is 0 Å². The minimum Gasteiger partial charge on any atom is -0.298 e. The number of rotatable bonds is 0. The molecule has 0 saturated heterocycles. The average Bonchev–Trinajstić information content (AvgIpc) is 2.30. The molecule has 0 aromatic carbocycles. The lowest BCUT2D eigenvalue weighted by molar-refractivity contribution is -0.130. The van der Waals surface area contributed by atoms with Crippen molar-refractivity contribution in [2.75, 3.05) is 0 Å². The van der Waals surface area contributed by atoms with Crippen LogP contribution >= 0.6 is 15.9 Å². The maximum Gasteiger partial charge on any atom is 0.151 e.